The fourth-order valence-corrected chi connectivity index (χ4v) is 1.89. The number of ether oxygens (including phenoxy) is 1. The first-order valence-electron chi connectivity index (χ1n) is 5.52. The number of nitrogens with zero attached hydrogens (tertiary/aromatic N) is 1. The zero-order valence-electron chi connectivity index (χ0n) is 9.62. The van der Waals surface area contributed by atoms with Crippen molar-refractivity contribution in [1.82, 2.24) is 5.32 Å². The second-order valence-corrected chi connectivity index (χ2v) is 4.47. The quantitative estimate of drug-likeness (QED) is 0.717. The van der Waals surface area contributed by atoms with E-state index in [-0.39, 0.29) is 6.10 Å². The van der Waals surface area contributed by atoms with Crippen molar-refractivity contribution in [3.63, 3.8) is 0 Å². The highest BCUT2D eigenvalue weighted by molar-refractivity contribution is 5.10. The molecule has 0 aromatic carbocycles. The molecular weight excluding hydrogens is 188 g/mol. The largest absolute Gasteiger partial charge is 0.378 e. The van der Waals surface area contributed by atoms with Gasteiger partial charge in [-0.25, -0.2) is 0 Å². The van der Waals surface area contributed by atoms with Crippen molar-refractivity contribution in [3.8, 4) is 6.07 Å². The molecule has 3 nitrogen and oxygen atoms in total. The summed E-state index contributed by atoms with van der Waals surface area (Å²) >= 11 is 0. The first kappa shape index (κ1) is 12.2. The summed E-state index contributed by atoms with van der Waals surface area (Å²) in [5.41, 5.74) is -0.415. The zero-order chi connectivity index (χ0) is 11.3. The number of hydrogen-bond acceptors (Lipinski definition) is 3. The van der Waals surface area contributed by atoms with E-state index < -0.39 is 5.54 Å². The van der Waals surface area contributed by atoms with E-state index in [4.69, 9.17) is 4.74 Å². The van der Waals surface area contributed by atoms with Crippen LogP contribution in [-0.2, 0) is 4.74 Å². The molecule has 0 spiro atoms. The van der Waals surface area contributed by atoms with Crippen LogP contribution in [0.15, 0.2) is 12.7 Å². The lowest BCUT2D eigenvalue weighted by Crippen LogP contribution is -2.51. The molecule has 1 saturated heterocycles. The third-order valence-electron chi connectivity index (χ3n) is 2.95. The fraction of sp³-hybridized carbons (Fsp3) is 0.750. The van der Waals surface area contributed by atoms with Gasteiger partial charge in [-0.1, -0.05) is 19.9 Å². The van der Waals surface area contributed by atoms with E-state index in [9.17, 15) is 5.26 Å². The Morgan fingerprint density at radius 2 is 2.47 bits per heavy atom. The molecule has 0 aromatic heterocycles. The van der Waals surface area contributed by atoms with Crippen molar-refractivity contribution in [2.75, 3.05) is 13.2 Å². The predicted octanol–water partition coefficient (Wildman–Crippen LogP) is 1.86. The molecule has 0 radical (unpaired) electrons. The fourth-order valence-electron chi connectivity index (χ4n) is 1.89. The molecular formula is C12H20N2O. The van der Waals surface area contributed by atoms with Crippen LogP contribution in [0.4, 0.5) is 0 Å². The Labute approximate surface area is 92.1 Å². The summed E-state index contributed by atoms with van der Waals surface area (Å²) in [6.07, 6.45) is 3.52. The molecule has 1 rings (SSSR count). The van der Waals surface area contributed by atoms with Crippen molar-refractivity contribution in [2.24, 2.45) is 5.92 Å². The summed E-state index contributed by atoms with van der Waals surface area (Å²) < 4.78 is 5.66. The van der Waals surface area contributed by atoms with Crippen LogP contribution in [0.25, 0.3) is 0 Å². The van der Waals surface area contributed by atoms with Gasteiger partial charge in [0, 0.05) is 26.0 Å². The van der Waals surface area contributed by atoms with Gasteiger partial charge in [0.2, 0.25) is 0 Å². The van der Waals surface area contributed by atoms with E-state index in [2.05, 4.69) is 31.8 Å². The molecule has 1 fully saturated rings. The molecule has 1 N–H and O–H groups in total. The van der Waals surface area contributed by atoms with E-state index in [1.54, 1.807) is 6.08 Å². The molecule has 0 aromatic rings. The maximum atomic E-state index is 9.27. The SMILES string of the molecule is C=CCNC1(C#N)CCOC(C(C)C)C1. The molecule has 0 aliphatic carbocycles. The van der Waals surface area contributed by atoms with Crippen LogP contribution >= 0.6 is 0 Å². The van der Waals surface area contributed by atoms with Crippen LogP contribution in [-0.4, -0.2) is 24.8 Å². The molecule has 0 saturated carbocycles. The zero-order valence-corrected chi connectivity index (χ0v) is 9.62. The summed E-state index contributed by atoms with van der Waals surface area (Å²) in [5, 5.41) is 12.5. The minimum absolute atomic E-state index is 0.190. The Kier molecular flexibility index (Phi) is 4.31. The Morgan fingerprint density at radius 1 is 1.73 bits per heavy atom. The lowest BCUT2D eigenvalue weighted by Gasteiger charge is -2.38. The van der Waals surface area contributed by atoms with Crippen LogP contribution in [0.3, 0.4) is 0 Å². The van der Waals surface area contributed by atoms with Gasteiger partial charge in [0.25, 0.3) is 0 Å². The normalized spacial score (nSPS) is 31.2. The molecule has 3 heteroatoms. The maximum Gasteiger partial charge on any atom is 0.111 e. The highest BCUT2D eigenvalue weighted by atomic mass is 16.5. The Morgan fingerprint density at radius 3 is 3.00 bits per heavy atom. The van der Waals surface area contributed by atoms with Gasteiger partial charge in [-0.15, -0.1) is 6.58 Å². The number of nitrogens with one attached hydrogen (secondary N) is 1. The Balaban J connectivity index is 2.64. The second-order valence-electron chi connectivity index (χ2n) is 4.47. The van der Waals surface area contributed by atoms with Crippen molar-refractivity contribution in [2.45, 2.75) is 38.3 Å². The smallest absolute Gasteiger partial charge is 0.111 e. The summed E-state index contributed by atoms with van der Waals surface area (Å²) in [6.45, 7) is 9.27. The first-order valence-corrected chi connectivity index (χ1v) is 5.52. The third-order valence-corrected chi connectivity index (χ3v) is 2.95. The molecule has 84 valence electrons. The Bertz CT molecular complexity index is 257. The molecule has 15 heavy (non-hydrogen) atoms. The van der Waals surface area contributed by atoms with Gasteiger partial charge >= 0.3 is 0 Å². The van der Waals surface area contributed by atoms with Crippen molar-refractivity contribution >= 4 is 0 Å². The monoisotopic (exact) mass is 208 g/mol. The summed E-state index contributed by atoms with van der Waals surface area (Å²) in [5.74, 6) is 0.462. The molecule has 1 heterocycles. The average molecular weight is 208 g/mol. The van der Waals surface area contributed by atoms with Gasteiger partial charge in [-0.2, -0.15) is 5.26 Å². The van der Waals surface area contributed by atoms with Gasteiger partial charge in [0.1, 0.15) is 5.54 Å². The van der Waals surface area contributed by atoms with Crippen molar-refractivity contribution < 1.29 is 4.74 Å². The van der Waals surface area contributed by atoms with Crippen LogP contribution in [0.2, 0.25) is 0 Å². The van der Waals surface area contributed by atoms with E-state index in [0.717, 1.165) is 12.8 Å². The summed E-state index contributed by atoms with van der Waals surface area (Å²) in [7, 11) is 0. The molecule has 1 aliphatic heterocycles. The average Bonchev–Trinajstić information content (AvgIpc) is 2.26. The second kappa shape index (κ2) is 5.29. The van der Waals surface area contributed by atoms with E-state index >= 15 is 0 Å². The van der Waals surface area contributed by atoms with Gasteiger partial charge in [0.15, 0.2) is 0 Å². The van der Waals surface area contributed by atoms with Gasteiger partial charge in [-0.05, 0) is 5.92 Å². The highest BCUT2D eigenvalue weighted by Gasteiger charge is 2.37. The molecule has 2 atom stereocenters. The lowest BCUT2D eigenvalue weighted by molar-refractivity contribution is -0.0378. The van der Waals surface area contributed by atoms with E-state index in [1.165, 1.54) is 0 Å². The predicted molar refractivity (Wildman–Crippen MR) is 60.4 cm³/mol. The minimum atomic E-state index is -0.415. The summed E-state index contributed by atoms with van der Waals surface area (Å²) in [6, 6.07) is 2.40. The first-order chi connectivity index (χ1) is 7.13. The standard InChI is InChI=1S/C12H20N2O/c1-4-6-14-12(9-13)5-7-15-11(8-12)10(2)3/h4,10-11,14H,1,5-8H2,2-3H3. The van der Waals surface area contributed by atoms with Crippen molar-refractivity contribution in [3.05, 3.63) is 12.7 Å². The van der Waals surface area contributed by atoms with Gasteiger partial charge in [0.05, 0.1) is 12.2 Å². The van der Waals surface area contributed by atoms with Crippen LogP contribution in [0, 0.1) is 17.2 Å². The topological polar surface area (TPSA) is 45.0 Å². The molecule has 2 unspecified atom stereocenters. The van der Waals surface area contributed by atoms with Crippen molar-refractivity contribution in [1.29, 1.82) is 5.26 Å². The number of nitriles is 1. The molecule has 1 aliphatic rings. The summed E-state index contributed by atoms with van der Waals surface area (Å²) in [4.78, 5) is 0. The van der Waals surface area contributed by atoms with E-state index in [1.807, 2.05) is 0 Å². The molecule has 0 amide bonds. The number of hydrogen-bond donors (Lipinski definition) is 1. The van der Waals surface area contributed by atoms with Gasteiger partial charge in [-0.3, -0.25) is 5.32 Å². The maximum absolute atomic E-state index is 9.27. The highest BCUT2D eigenvalue weighted by Crippen LogP contribution is 2.28. The third kappa shape index (κ3) is 3.05. The number of rotatable bonds is 4. The molecule has 0 bridgehead atoms. The van der Waals surface area contributed by atoms with Gasteiger partial charge < -0.3 is 4.74 Å². The minimum Gasteiger partial charge on any atom is -0.378 e. The van der Waals surface area contributed by atoms with E-state index in [0.29, 0.717) is 19.1 Å². The Hall–Kier alpha value is -0.850. The van der Waals surface area contributed by atoms with Crippen LogP contribution in [0.1, 0.15) is 26.7 Å². The van der Waals surface area contributed by atoms with Crippen LogP contribution in [0.5, 0.6) is 0 Å². The lowest BCUT2D eigenvalue weighted by atomic mass is 9.84. The van der Waals surface area contributed by atoms with Crippen LogP contribution < -0.4 is 5.32 Å².